The number of para-hydroxylation sites is 3. The van der Waals surface area contributed by atoms with E-state index in [1.54, 1.807) is 12.4 Å². The predicted molar refractivity (Wildman–Crippen MR) is 180 cm³/mol. The zero-order valence-electron chi connectivity index (χ0n) is 23.3. The maximum Gasteiger partial charge on any atom is 0.0965 e. The van der Waals surface area contributed by atoms with Crippen LogP contribution in [0, 0.1) is 0 Å². The quantitative estimate of drug-likeness (QED) is 0.206. The summed E-state index contributed by atoms with van der Waals surface area (Å²) in [6, 6.07) is 50.2. The highest BCUT2D eigenvalue weighted by Crippen LogP contribution is 2.45. The van der Waals surface area contributed by atoms with Crippen molar-refractivity contribution in [3.63, 3.8) is 0 Å². The molecule has 0 spiro atoms. The van der Waals surface area contributed by atoms with Gasteiger partial charge in [-0.05, 0) is 74.6 Å². The molecule has 0 unspecified atom stereocenters. The van der Waals surface area contributed by atoms with Crippen molar-refractivity contribution < 1.29 is 0 Å². The number of benzene rings is 7. The Morgan fingerprint density at radius 3 is 1.77 bits per heavy atom. The largest absolute Gasteiger partial charge is 0.309 e. The third-order valence-electron chi connectivity index (χ3n) is 8.68. The van der Waals surface area contributed by atoms with Crippen molar-refractivity contribution in [3.8, 4) is 27.9 Å². The van der Waals surface area contributed by atoms with Crippen LogP contribution in [0.3, 0.4) is 0 Å². The van der Waals surface area contributed by atoms with E-state index in [-0.39, 0.29) is 0 Å². The lowest BCUT2D eigenvalue weighted by Gasteiger charge is -2.18. The molecule has 0 aliphatic rings. The second-order valence-electron chi connectivity index (χ2n) is 11.0. The first-order valence-corrected chi connectivity index (χ1v) is 14.6. The summed E-state index contributed by atoms with van der Waals surface area (Å²) in [7, 11) is 0. The van der Waals surface area contributed by atoms with Gasteiger partial charge in [-0.1, -0.05) is 103 Å². The highest BCUT2D eigenvalue weighted by atomic mass is 15.0. The van der Waals surface area contributed by atoms with E-state index in [4.69, 9.17) is 4.98 Å². The fourth-order valence-electron chi connectivity index (χ4n) is 6.91. The zero-order chi connectivity index (χ0) is 28.3. The van der Waals surface area contributed by atoms with Gasteiger partial charge in [0.2, 0.25) is 0 Å². The predicted octanol–water partition coefficient (Wildman–Crippen LogP) is 10.4. The van der Waals surface area contributed by atoms with E-state index in [9.17, 15) is 0 Å². The van der Waals surface area contributed by atoms with Gasteiger partial charge in [0.05, 0.1) is 22.1 Å². The first-order valence-electron chi connectivity index (χ1n) is 14.6. The molecule has 7 aromatic carbocycles. The molecule has 2 aromatic heterocycles. The lowest BCUT2D eigenvalue weighted by molar-refractivity contribution is 1.18. The molecule has 0 atom stereocenters. The Morgan fingerprint density at radius 2 is 1.02 bits per heavy atom. The first-order chi connectivity index (χ1) is 21.4. The Balaban J connectivity index is 1.39. The summed E-state index contributed by atoms with van der Waals surface area (Å²) in [4.78, 5) is 9.38. The molecule has 3 nitrogen and oxygen atoms in total. The minimum absolute atomic E-state index is 0.900. The summed E-state index contributed by atoms with van der Waals surface area (Å²) in [6.45, 7) is 0. The van der Waals surface area contributed by atoms with Crippen molar-refractivity contribution in [2.24, 2.45) is 0 Å². The summed E-state index contributed by atoms with van der Waals surface area (Å²) in [5.41, 5.74) is 10.2. The van der Waals surface area contributed by atoms with E-state index in [2.05, 4.69) is 143 Å². The molecular weight excluding hydrogens is 522 g/mol. The van der Waals surface area contributed by atoms with Crippen LogP contribution in [-0.2, 0) is 0 Å². The Morgan fingerprint density at radius 1 is 0.419 bits per heavy atom. The van der Waals surface area contributed by atoms with Gasteiger partial charge in [0.15, 0.2) is 0 Å². The SMILES string of the molecule is c1ccc(-n2c3ccccc3c3cc(-c4c5ccccc5c(-c5cccc6nccnc56)c5ccccc45)ccc32)cc1. The Kier molecular flexibility index (Phi) is 5.20. The zero-order valence-corrected chi connectivity index (χ0v) is 23.3. The fourth-order valence-corrected chi connectivity index (χ4v) is 6.91. The Hall–Kier alpha value is -5.80. The third-order valence-corrected chi connectivity index (χ3v) is 8.68. The molecule has 0 fully saturated rings. The fraction of sp³-hybridized carbons (Fsp3) is 0. The monoisotopic (exact) mass is 547 g/mol. The Bertz CT molecular complexity index is 2450. The van der Waals surface area contributed by atoms with Crippen LogP contribution in [0.5, 0.6) is 0 Å². The van der Waals surface area contributed by atoms with Crippen molar-refractivity contribution in [3.05, 3.63) is 152 Å². The van der Waals surface area contributed by atoms with Gasteiger partial charge in [0.1, 0.15) is 0 Å². The summed E-state index contributed by atoms with van der Waals surface area (Å²) in [5.74, 6) is 0. The highest BCUT2D eigenvalue weighted by Gasteiger charge is 2.20. The van der Waals surface area contributed by atoms with Crippen molar-refractivity contribution >= 4 is 54.4 Å². The smallest absolute Gasteiger partial charge is 0.0965 e. The molecule has 0 aliphatic carbocycles. The molecular formula is C40H25N3. The lowest BCUT2D eigenvalue weighted by atomic mass is 9.85. The maximum atomic E-state index is 4.78. The van der Waals surface area contributed by atoms with Crippen LogP contribution in [-0.4, -0.2) is 14.5 Å². The molecule has 0 radical (unpaired) electrons. The van der Waals surface area contributed by atoms with Gasteiger partial charge in [-0.25, -0.2) is 0 Å². The van der Waals surface area contributed by atoms with Crippen molar-refractivity contribution in [1.82, 2.24) is 14.5 Å². The van der Waals surface area contributed by atoms with Crippen LogP contribution >= 0.6 is 0 Å². The van der Waals surface area contributed by atoms with E-state index < -0.39 is 0 Å². The average Bonchev–Trinajstić information content (AvgIpc) is 3.41. The molecule has 2 heterocycles. The molecule has 0 aliphatic heterocycles. The van der Waals surface area contributed by atoms with Gasteiger partial charge in [-0.3, -0.25) is 9.97 Å². The molecule has 9 rings (SSSR count). The van der Waals surface area contributed by atoms with Crippen LogP contribution in [0.4, 0.5) is 0 Å². The molecule has 0 bridgehead atoms. The van der Waals surface area contributed by atoms with E-state index in [0.29, 0.717) is 0 Å². The maximum absolute atomic E-state index is 4.78. The van der Waals surface area contributed by atoms with Crippen molar-refractivity contribution in [2.75, 3.05) is 0 Å². The number of hydrogen-bond acceptors (Lipinski definition) is 2. The summed E-state index contributed by atoms with van der Waals surface area (Å²) >= 11 is 0. The van der Waals surface area contributed by atoms with Gasteiger partial charge in [0.25, 0.3) is 0 Å². The number of aromatic nitrogens is 3. The Labute approximate surface area is 248 Å². The molecule has 43 heavy (non-hydrogen) atoms. The lowest BCUT2D eigenvalue weighted by Crippen LogP contribution is -1.94. The van der Waals surface area contributed by atoms with Crippen LogP contribution in [0.25, 0.3) is 82.3 Å². The normalized spacial score (nSPS) is 11.7. The van der Waals surface area contributed by atoms with Gasteiger partial charge >= 0.3 is 0 Å². The van der Waals surface area contributed by atoms with E-state index >= 15 is 0 Å². The number of nitrogens with zero attached hydrogens (tertiary/aromatic N) is 3. The van der Waals surface area contributed by atoms with Crippen molar-refractivity contribution in [1.29, 1.82) is 0 Å². The first kappa shape index (κ1) is 23.9. The standard InChI is InChI=1S/C40H25N3/c1-2-11-27(12-3-1)43-36-20-9-8-13-28(36)34-25-26(21-22-37(34)43)38-29-14-4-6-16-31(29)39(32-17-7-5-15-30(32)38)33-18-10-19-35-40(33)42-24-23-41-35/h1-25H. The minimum atomic E-state index is 0.900. The molecule has 9 aromatic rings. The van der Waals surface area contributed by atoms with E-state index in [1.165, 1.54) is 65.7 Å². The molecule has 0 N–H and O–H groups in total. The van der Waals surface area contributed by atoms with E-state index in [1.807, 2.05) is 6.07 Å². The van der Waals surface area contributed by atoms with Crippen LogP contribution in [0.15, 0.2) is 152 Å². The number of hydrogen-bond donors (Lipinski definition) is 0. The van der Waals surface area contributed by atoms with Crippen LogP contribution < -0.4 is 0 Å². The summed E-state index contributed by atoms with van der Waals surface area (Å²) < 4.78 is 2.37. The second kappa shape index (κ2) is 9.37. The van der Waals surface area contributed by atoms with E-state index in [0.717, 1.165) is 16.6 Å². The van der Waals surface area contributed by atoms with Gasteiger partial charge in [-0.2, -0.15) is 0 Å². The second-order valence-corrected chi connectivity index (χ2v) is 11.0. The third kappa shape index (κ3) is 3.55. The van der Waals surface area contributed by atoms with Gasteiger partial charge in [-0.15, -0.1) is 0 Å². The highest BCUT2D eigenvalue weighted by molar-refractivity contribution is 6.24. The van der Waals surface area contributed by atoms with Crippen LogP contribution in [0.1, 0.15) is 0 Å². The van der Waals surface area contributed by atoms with Crippen molar-refractivity contribution in [2.45, 2.75) is 0 Å². The summed E-state index contributed by atoms with van der Waals surface area (Å²) in [5, 5.41) is 7.37. The number of fused-ring (bicyclic) bond motifs is 6. The topological polar surface area (TPSA) is 30.7 Å². The molecule has 200 valence electrons. The molecule has 3 heteroatoms. The van der Waals surface area contributed by atoms with Gasteiger partial charge in [0, 0.05) is 34.4 Å². The molecule has 0 saturated carbocycles. The average molecular weight is 548 g/mol. The van der Waals surface area contributed by atoms with Gasteiger partial charge < -0.3 is 4.57 Å². The summed E-state index contributed by atoms with van der Waals surface area (Å²) in [6.07, 6.45) is 3.54. The molecule has 0 amide bonds. The minimum Gasteiger partial charge on any atom is -0.309 e. The van der Waals surface area contributed by atoms with Crippen LogP contribution in [0.2, 0.25) is 0 Å². The number of rotatable bonds is 3. The molecule has 0 saturated heterocycles.